The molecule has 2 fully saturated rings. The van der Waals surface area contributed by atoms with E-state index in [0.717, 1.165) is 57.7 Å². The van der Waals surface area contributed by atoms with Crippen LogP contribution in [-0.2, 0) is 0 Å². The highest BCUT2D eigenvalue weighted by molar-refractivity contribution is 5.94. The number of hydrogen-bond acceptors (Lipinski definition) is 5. The Kier molecular flexibility index (Phi) is 8.64. The molecule has 142 valence electrons. The van der Waals surface area contributed by atoms with Crippen molar-refractivity contribution in [3.8, 4) is 0 Å². The van der Waals surface area contributed by atoms with Gasteiger partial charge in [0.1, 0.15) is 0 Å². The molecule has 0 bridgehead atoms. The van der Waals surface area contributed by atoms with Crippen molar-refractivity contribution in [3.63, 3.8) is 0 Å². The maximum atomic E-state index is 11.3. The van der Waals surface area contributed by atoms with Gasteiger partial charge in [0.25, 0.3) is 0 Å². The van der Waals surface area contributed by atoms with Gasteiger partial charge in [-0.15, -0.1) is 24.8 Å². The van der Waals surface area contributed by atoms with E-state index < -0.39 is 5.60 Å². The van der Waals surface area contributed by atoms with Gasteiger partial charge in [-0.2, -0.15) is 0 Å². The third-order valence-corrected chi connectivity index (χ3v) is 4.98. The molecule has 7 heteroatoms. The first-order valence-corrected chi connectivity index (χ1v) is 8.57. The van der Waals surface area contributed by atoms with Gasteiger partial charge in [-0.05, 0) is 50.6 Å². The molecule has 1 aromatic rings. The number of halogens is 2. The van der Waals surface area contributed by atoms with Crippen LogP contribution in [-0.4, -0.2) is 67.2 Å². The zero-order valence-corrected chi connectivity index (χ0v) is 16.4. The maximum Gasteiger partial charge on any atom is 0.159 e. The first kappa shape index (κ1) is 22.2. The molecule has 0 amide bonds. The first-order chi connectivity index (χ1) is 11.1. The van der Waals surface area contributed by atoms with E-state index in [1.54, 1.807) is 6.92 Å². The third-order valence-electron chi connectivity index (χ3n) is 4.98. The van der Waals surface area contributed by atoms with Crippen LogP contribution in [0.5, 0.6) is 0 Å². The van der Waals surface area contributed by atoms with Crippen LogP contribution in [0.4, 0.5) is 5.69 Å². The second-order valence-corrected chi connectivity index (χ2v) is 6.87. The number of carbonyl (C=O) groups is 1. The van der Waals surface area contributed by atoms with Crippen molar-refractivity contribution in [2.24, 2.45) is 0 Å². The zero-order valence-electron chi connectivity index (χ0n) is 14.7. The molecule has 0 radical (unpaired) electrons. The van der Waals surface area contributed by atoms with Gasteiger partial charge >= 0.3 is 0 Å². The number of β-amino-alcohol motifs (C(OH)–C–C–N with tert-alkyl or cyclic N) is 1. The number of piperidine rings is 1. The molecule has 0 spiro atoms. The van der Waals surface area contributed by atoms with Gasteiger partial charge in [0, 0.05) is 50.5 Å². The topological polar surface area (TPSA) is 55.8 Å². The minimum atomic E-state index is -0.566. The summed E-state index contributed by atoms with van der Waals surface area (Å²) in [7, 11) is 0. The summed E-state index contributed by atoms with van der Waals surface area (Å²) < 4.78 is 0. The average molecular weight is 390 g/mol. The van der Waals surface area contributed by atoms with Gasteiger partial charge in [-0.1, -0.05) is 0 Å². The van der Waals surface area contributed by atoms with Crippen molar-refractivity contribution >= 4 is 36.3 Å². The number of rotatable bonds is 4. The second kappa shape index (κ2) is 9.74. The lowest BCUT2D eigenvalue weighted by molar-refractivity contribution is -0.0164. The molecule has 0 saturated carbocycles. The molecule has 2 saturated heterocycles. The first-order valence-electron chi connectivity index (χ1n) is 8.57. The number of anilines is 1. The number of Topliss-reactive ketones (excluding diaryl/α,β-unsaturated/α-hetero) is 1. The number of benzene rings is 1. The fourth-order valence-electron chi connectivity index (χ4n) is 3.57. The van der Waals surface area contributed by atoms with Crippen LogP contribution in [0.2, 0.25) is 0 Å². The predicted octanol–water partition coefficient (Wildman–Crippen LogP) is 1.97. The lowest BCUT2D eigenvalue weighted by atomic mass is 9.93. The molecule has 0 aromatic heterocycles. The Morgan fingerprint density at radius 2 is 1.80 bits per heavy atom. The molecule has 2 aliphatic rings. The zero-order chi connectivity index (χ0) is 16.3. The molecule has 2 N–H and O–H groups in total. The quantitative estimate of drug-likeness (QED) is 0.770. The molecular weight excluding hydrogens is 361 g/mol. The number of aliphatic hydroxyl groups is 1. The smallest absolute Gasteiger partial charge is 0.159 e. The highest BCUT2D eigenvalue weighted by Crippen LogP contribution is 2.21. The standard InChI is InChI=1S/C18H27N3O2.2ClH/c1-15(22)16-3-5-17(6-4-16)21-11-9-20(10-12-21)14-18(23)7-2-8-19-13-18;;/h3-6,19,23H,2,7-14H2,1H3;2*1H. The Hall–Kier alpha value is -0.850. The molecule has 0 aliphatic carbocycles. The van der Waals surface area contributed by atoms with Gasteiger partial charge < -0.3 is 15.3 Å². The van der Waals surface area contributed by atoms with Crippen LogP contribution in [0, 0.1) is 0 Å². The van der Waals surface area contributed by atoms with Crippen molar-refractivity contribution < 1.29 is 9.90 Å². The van der Waals surface area contributed by atoms with E-state index in [0.29, 0.717) is 6.54 Å². The Morgan fingerprint density at radius 3 is 2.32 bits per heavy atom. The molecule has 1 aromatic carbocycles. The molecule has 2 heterocycles. The Balaban J connectivity index is 0.00000156. The molecule has 1 unspecified atom stereocenters. The average Bonchev–Trinajstić information content (AvgIpc) is 2.56. The molecule has 3 rings (SSSR count). The predicted molar refractivity (Wildman–Crippen MR) is 107 cm³/mol. The van der Waals surface area contributed by atoms with E-state index in [9.17, 15) is 9.90 Å². The van der Waals surface area contributed by atoms with Crippen LogP contribution < -0.4 is 10.2 Å². The summed E-state index contributed by atoms with van der Waals surface area (Å²) in [6.07, 6.45) is 1.95. The molecule has 25 heavy (non-hydrogen) atoms. The number of hydrogen-bond donors (Lipinski definition) is 2. The number of carbonyl (C=O) groups excluding carboxylic acids is 1. The Morgan fingerprint density at radius 1 is 1.16 bits per heavy atom. The van der Waals surface area contributed by atoms with Crippen LogP contribution >= 0.6 is 24.8 Å². The van der Waals surface area contributed by atoms with E-state index in [-0.39, 0.29) is 30.6 Å². The van der Waals surface area contributed by atoms with Crippen molar-refractivity contribution in [2.75, 3.05) is 50.7 Å². The summed E-state index contributed by atoms with van der Waals surface area (Å²) in [5.74, 6) is 0.107. The monoisotopic (exact) mass is 389 g/mol. The fourth-order valence-corrected chi connectivity index (χ4v) is 3.57. The van der Waals surface area contributed by atoms with Crippen LogP contribution in [0.3, 0.4) is 0 Å². The lowest BCUT2D eigenvalue weighted by Gasteiger charge is -2.41. The summed E-state index contributed by atoms with van der Waals surface area (Å²) in [5.41, 5.74) is 1.37. The number of nitrogens with one attached hydrogen (secondary N) is 1. The largest absolute Gasteiger partial charge is 0.387 e. The summed E-state index contributed by atoms with van der Waals surface area (Å²) in [6.45, 7) is 7.95. The minimum absolute atomic E-state index is 0. The SMILES string of the molecule is CC(=O)c1ccc(N2CCN(CC3(O)CCCNC3)CC2)cc1.Cl.Cl. The maximum absolute atomic E-state index is 11.3. The van der Waals surface area contributed by atoms with E-state index in [4.69, 9.17) is 0 Å². The van der Waals surface area contributed by atoms with E-state index >= 15 is 0 Å². The van der Waals surface area contributed by atoms with E-state index in [1.807, 2.05) is 24.3 Å². The normalized spacial score (nSPS) is 24.2. The van der Waals surface area contributed by atoms with E-state index in [2.05, 4.69) is 15.1 Å². The van der Waals surface area contributed by atoms with Gasteiger partial charge in [0.15, 0.2) is 5.78 Å². The minimum Gasteiger partial charge on any atom is -0.387 e. The van der Waals surface area contributed by atoms with Gasteiger partial charge in [0.05, 0.1) is 5.60 Å². The summed E-state index contributed by atoms with van der Waals surface area (Å²) in [4.78, 5) is 16.1. The van der Waals surface area contributed by atoms with Crippen molar-refractivity contribution in [1.82, 2.24) is 10.2 Å². The Labute approximate surface area is 162 Å². The second-order valence-electron chi connectivity index (χ2n) is 6.87. The molecule has 5 nitrogen and oxygen atoms in total. The molecule has 2 aliphatic heterocycles. The van der Waals surface area contributed by atoms with Crippen molar-refractivity contribution in [3.05, 3.63) is 29.8 Å². The molecule has 1 atom stereocenters. The lowest BCUT2D eigenvalue weighted by Crippen LogP contribution is -2.56. The van der Waals surface area contributed by atoms with Gasteiger partial charge in [-0.25, -0.2) is 0 Å². The number of nitrogens with zero attached hydrogens (tertiary/aromatic N) is 2. The summed E-state index contributed by atoms with van der Waals surface area (Å²) >= 11 is 0. The van der Waals surface area contributed by atoms with Crippen LogP contribution in [0.15, 0.2) is 24.3 Å². The van der Waals surface area contributed by atoms with Crippen molar-refractivity contribution in [1.29, 1.82) is 0 Å². The highest BCUT2D eigenvalue weighted by Gasteiger charge is 2.32. The highest BCUT2D eigenvalue weighted by atomic mass is 35.5. The Bertz CT molecular complexity index is 540. The fraction of sp³-hybridized carbons (Fsp3) is 0.611. The van der Waals surface area contributed by atoms with Crippen LogP contribution in [0.1, 0.15) is 30.1 Å². The summed E-state index contributed by atoms with van der Waals surface area (Å²) in [5, 5.41) is 13.9. The summed E-state index contributed by atoms with van der Waals surface area (Å²) in [6, 6.07) is 7.87. The number of piperazine rings is 1. The number of ketones is 1. The van der Waals surface area contributed by atoms with Gasteiger partial charge in [0.2, 0.25) is 0 Å². The van der Waals surface area contributed by atoms with Crippen LogP contribution in [0.25, 0.3) is 0 Å². The third kappa shape index (κ3) is 5.83. The van der Waals surface area contributed by atoms with E-state index in [1.165, 1.54) is 5.69 Å². The molecular formula is C18H29Cl2N3O2. The van der Waals surface area contributed by atoms with Gasteiger partial charge in [-0.3, -0.25) is 9.69 Å². The van der Waals surface area contributed by atoms with Crippen molar-refractivity contribution in [2.45, 2.75) is 25.4 Å².